The molecular weight excluding hydrogens is 775 g/mol. The molecular formula is C62H45NO. The molecule has 0 saturated carbocycles. The molecule has 0 atom stereocenters. The highest BCUT2D eigenvalue weighted by atomic mass is 16.3. The maximum atomic E-state index is 7.15. The lowest BCUT2D eigenvalue weighted by atomic mass is 9.86. The minimum Gasteiger partial charge on any atom is -0.454 e. The summed E-state index contributed by atoms with van der Waals surface area (Å²) in [6.07, 6.45) is 0. The summed E-state index contributed by atoms with van der Waals surface area (Å²) in [6, 6.07) is 79.8. The van der Waals surface area contributed by atoms with Crippen molar-refractivity contribution in [1.82, 2.24) is 0 Å². The van der Waals surface area contributed by atoms with Crippen LogP contribution in [0.15, 0.2) is 223 Å². The molecule has 0 spiro atoms. The molecule has 64 heavy (non-hydrogen) atoms. The Hall–Kier alpha value is -7.94. The fourth-order valence-electron chi connectivity index (χ4n) is 9.76. The first-order valence-corrected chi connectivity index (χ1v) is 22.2. The van der Waals surface area contributed by atoms with Crippen molar-refractivity contribution in [2.75, 3.05) is 4.90 Å². The number of anilines is 3. The molecule has 0 fully saturated rings. The quantitative estimate of drug-likeness (QED) is 0.166. The van der Waals surface area contributed by atoms with Gasteiger partial charge in [0.15, 0.2) is 5.58 Å². The standard InChI is InChI=1S/C62H45NO/c1-62(2,3)57-18-10-17-56-59-55-16-9-8-15-52(55)39-58(61(59)64-60(56)57)63(53-31-27-42(28-32-53)46-21-19-40-11-4-6-13-44(40)35-46)54-33-29-43(30-34-54)47-23-24-50-38-51(26-25-49(50)37-47)48-22-20-41-12-5-7-14-45(41)36-48/h4-39H,1-3H3. The Morgan fingerprint density at radius 3 is 1.25 bits per heavy atom. The van der Waals surface area contributed by atoms with Crippen LogP contribution in [0, 0.1) is 0 Å². The van der Waals surface area contributed by atoms with Crippen LogP contribution in [0.4, 0.5) is 17.1 Å². The number of rotatable bonds is 6. The molecule has 0 amide bonds. The number of nitrogens with zero attached hydrogens (tertiary/aromatic N) is 1. The maximum absolute atomic E-state index is 7.15. The average Bonchev–Trinajstić information content (AvgIpc) is 3.74. The molecule has 11 aromatic carbocycles. The molecule has 12 aromatic rings. The molecule has 0 radical (unpaired) electrons. The zero-order chi connectivity index (χ0) is 42.9. The predicted octanol–water partition coefficient (Wildman–Crippen LogP) is 18.0. The lowest BCUT2D eigenvalue weighted by Gasteiger charge is -2.26. The molecule has 1 heterocycles. The Labute approximate surface area is 373 Å². The third kappa shape index (κ3) is 6.50. The van der Waals surface area contributed by atoms with E-state index in [1.807, 2.05) is 0 Å². The molecule has 2 nitrogen and oxygen atoms in total. The molecule has 2 heteroatoms. The van der Waals surface area contributed by atoms with Gasteiger partial charge in [-0.2, -0.15) is 0 Å². The summed E-state index contributed by atoms with van der Waals surface area (Å²) in [7, 11) is 0. The molecule has 0 aliphatic heterocycles. The van der Waals surface area contributed by atoms with Gasteiger partial charge in [0.2, 0.25) is 0 Å². The van der Waals surface area contributed by atoms with Crippen molar-refractivity contribution in [3.05, 3.63) is 224 Å². The molecule has 12 rings (SSSR count). The molecule has 0 N–H and O–H groups in total. The lowest BCUT2D eigenvalue weighted by molar-refractivity contribution is 0.573. The van der Waals surface area contributed by atoms with Gasteiger partial charge in [0, 0.05) is 27.7 Å². The fourth-order valence-corrected chi connectivity index (χ4v) is 9.76. The van der Waals surface area contributed by atoms with Gasteiger partial charge in [0.05, 0.1) is 5.69 Å². The van der Waals surface area contributed by atoms with Crippen LogP contribution in [0.2, 0.25) is 0 Å². The first-order valence-electron chi connectivity index (χ1n) is 22.2. The molecule has 0 aliphatic carbocycles. The smallest absolute Gasteiger partial charge is 0.160 e. The van der Waals surface area contributed by atoms with Crippen LogP contribution in [0.3, 0.4) is 0 Å². The van der Waals surface area contributed by atoms with Crippen LogP contribution in [0.5, 0.6) is 0 Å². The van der Waals surface area contributed by atoms with E-state index in [0.717, 1.165) is 44.6 Å². The van der Waals surface area contributed by atoms with Crippen molar-refractivity contribution in [2.24, 2.45) is 0 Å². The highest BCUT2D eigenvalue weighted by molar-refractivity contribution is 6.23. The Bertz CT molecular complexity index is 3750. The van der Waals surface area contributed by atoms with Crippen LogP contribution in [0.25, 0.3) is 98.4 Å². The van der Waals surface area contributed by atoms with Gasteiger partial charge in [-0.1, -0.05) is 185 Å². The van der Waals surface area contributed by atoms with E-state index in [4.69, 9.17) is 4.42 Å². The Kier molecular flexibility index (Phi) is 8.77. The third-order valence-electron chi connectivity index (χ3n) is 13.1. The highest BCUT2D eigenvalue weighted by Gasteiger charge is 2.26. The van der Waals surface area contributed by atoms with E-state index in [1.165, 1.54) is 76.5 Å². The maximum Gasteiger partial charge on any atom is 0.160 e. The van der Waals surface area contributed by atoms with Crippen molar-refractivity contribution in [3.63, 3.8) is 0 Å². The minimum absolute atomic E-state index is 0.0975. The third-order valence-corrected chi connectivity index (χ3v) is 13.1. The summed E-state index contributed by atoms with van der Waals surface area (Å²) in [5.74, 6) is 0. The van der Waals surface area contributed by atoms with Gasteiger partial charge in [-0.15, -0.1) is 0 Å². The second-order valence-electron chi connectivity index (χ2n) is 18.2. The number of para-hydroxylation sites is 1. The largest absolute Gasteiger partial charge is 0.454 e. The van der Waals surface area contributed by atoms with Gasteiger partial charge in [-0.05, 0) is 136 Å². The minimum atomic E-state index is -0.0975. The Morgan fingerprint density at radius 1 is 0.328 bits per heavy atom. The molecule has 0 unspecified atom stereocenters. The van der Waals surface area contributed by atoms with Crippen LogP contribution in [0.1, 0.15) is 26.3 Å². The number of furan rings is 1. The van der Waals surface area contributed by atoms with Gasteiger partial charge >= 0.3 is 0 Å². The van der Waals surface area contributed by atoms with Crippen LogP contribution in [-0.2, 0) is 5.41 Å². The summed E-state index contributed by atoms with van der Waals surface area (Å²) in [4.78, 5) is 2.37. The average molecular weight is 820 g/mol. The predicted molar refractivity (Wildman–Crippen MR) is 273 cm³/mol. The van der Waals surface area contributed by atoms with Crippen molar-refractivity contribution in [1.29, 1.82) is 0 Å². The number of hydrogen-bond donors (Lipinski definition) is 0. The van der Waals surface area contributed by atoms with E-state index in [1.54, 1.807) is 0 Å². The monoisotopic (exact) mass is 819 g/mol. The van der Waals surface area contributed by atoms with Crippen LogP contribution < -0.4 is 4.90 Å². The van der Waals surface area contributed by atoms with Gasteiger partial charge in [-0.25, -0.2) is 0 Å². The van der Waals surface area contributed by atoms with Crippen molar-refractivity contribution in [3.8, 4) is 33.4 Å². The molecule has 0 saturated heterocycles. The highest BCUT2D eigenvalue weighted by Crippen LogP contribution is 2.47. The van der Waals surface area contributed by atoms with Crippen LogP contribution in [-0.4, -0.2) is 0 Å². The van der Waals surface area contributed by atoms with E-state index in [9.17, 15) is 0 Å². The summed E-state index contributed by atoms with van der Waals surface area (Å²) in [6.45, 7) is 6.79. The summed E-state index contributed by atoms with van der Waals surface area (Å²) >= 11 is 0. The topological polar surface area (TPSA) is 16.4 Å². The SMILES string of the molecule is CC(C)(C)c1cccc2c1oc1c(N(c3ccc(-c4ccc5ccccc5c4)cc3)c3ccc(-c4ccc5cc(-c6ccc7ccccc7c6)ccc5c4)cc3)cc3ccccc3c12. The molecule has 0 bridgehead atoms. The van der Waals surface area contributed by atoms with Crippen molar-refractivity contribution in [2.45, 2.75) is 26.2 Å². The zero-order valence-corrected chi connectivity index (χ0v) is 36.1. The zero-order valence-electron chi connectivity index (χ0n) is 36.1. The first-order chi connectivity index (χ1) is 31.3. The van der Waals surface area contributed by atoms with E-state index >= 15 is 0 Å². The van der Waals surface area contributed by atoms with Gasteiger partial charge in [0.1, 0.15) is 5.58 Å². The van der Waals surface area contributed by atoms with Gasteiger partial charge in [-0.3, -0.25) is 0 Å². The fraction of sp³-hybridized carbons (Fsp3) is 0.0645. The number of fused-ring (bicyclic) bond motifs is 8. The summed E-state index contributed by atoms with van der Waals surface area (Å²) in [5.41, 5.74) is 13.2. The van der Waals surface area contributed by atoms with Crippen molar-refractivity contribution >= 4 is 82.1 Å². The second-order valence-corrected chi connectivity index (χ2v) is 18.2. The van der Waals surface area contributed by atoms with E-state index < -0.39 is 0 Å². The van der Waals surface area contributed by atoms with Gasteiger partial charge in [0.25, 0.3) is 0 Å². The summed E-state index contributed by atoms with van der Waals surface area (Å²) in [5, 5.41) is 12.1. The van der Waals surface area contributed by atoms with Crippen molar-refractivity contribution < 1.29 is 4.42 Å². The Morgan fingerprint density at radius 2 is 0.734 bits per heavy atom. The molecule has 0 aliphatic rings. The van der Waals surface area contributed by atoms with E-state index in [2.05, 4.69) is 244 Å². The number of benzene rings is 11. The number of hydrogen-bond acceptors (Lipinski definition) is 2. The lowest BCUT2D eigenvalue weighted by Crippen LogP contribution is -2.11. The van der Waals surface area contributed by atoms with Crippen LogP contribution >= 0.6 is 0 Å². The molecule has 1 aromatic heterocycles. The van der Waals surface area contributed by atoms with Gasteiger partial charge < -0.3 is 9.32 Å². The van der Waals surface area contributed by atoms with E-state index in [-0.39, 0.29) is 5.41 Å². The first kappa shape index (κ1) is 37.8. The summed E-state index contributed by atoms with van der Waals surface area (Å²) < 4.78 is 7.15. The normalized spacial score (nSPS) is 12.0. The van der Waals surface area contributed by atoms with E-state index in [0.29, 0.717) is 0 Å². The Balaban J connectivity index is 0.979. The second kappa shape index (κ2) is 14.9. The molecule has 304 valence electrons.